The SMILES string of the molecule is COc1cccc(CCC(=O)NC2CCC(n3cc(C(=O)NC(C)C)nn3)CC2)c1. The van der Waals surface area contributed by atoms with Crippen LogP contribution in [0.2, 0.25) is 0 Å². The molecule has 162 valence electrons. The third kappa shape index (κ3) is 6.05. The number of ether oxygens (including phenoxy) is 1. The lowest BCUT2D eigenvalue weighted by Crippen LogP contribution is -2.38. The van der Waals surface area contributed by atoms with E-state index in [1.54, 1.807) is 18.0 Å². The molecule has 1 heterocycles. The molecule has 0 bridgehead atoms. The fraction of sp³-hybridized carbons (Fsp3) is 0.545. The van der Waals surface area contributed by atoms with Crippen molar-refractivity contribution in [3.05, 3.63) is 41.7 Å². The minimum absolute atomic E-state index is 0.0608. The molecular formula is C22H31N5O3. The highest BCUT2D eigenvalue weighted by Crippen LogP contribution is 2.28. The van der Waals surface area contributed by atoms with Gasteiger partial charge in [0.15, 0.2) is 5.69 Å². The first-order chi connectivity index (χ1) is 14.4. The third-order valence-electron chi connectivity index (χ3n) is 5.37. The van der Waals surface area contributed by atoms with E-state index in [1.807, 2.05) is 38.1 Å². The van der Waals surface area contributed by atoms with Crippen molar-refractivity contribution in [3.8, 4) is 5.75 Å². The van der Waals surface area contributed by atoms with E-state index in [0.717, 1.165) is 37.0 Å². The van der Waals surface area contributed by atoms with Crippen LogP contribution < -0.4 is 15.4 Å². The highest BCUT2D eigenvalue weighted by atomic mass is 16.5. The van der Waals surface area contributed by atoms with Gasteiger partial charge < -0.3 is 15.4 Å². The summed E-state index contributed by atoms with van der Waals surface area (Å²) in [6, 6.07) is 8.27. The molecule has 1 aliphatic rings. The molecule has 0 spiro atoms. The summed E-state index contributed by atoms with van der Waals surface area (Å²) < 4.78 is 7.01. The number of nitrogens with zero attached hydrogens (tertiary/aromatic N) is 3. The number of methoxy groups -OCH3 is 1. The Kier molecular flexibility index (Phi) is 7.43. The van der Waals surface area contributed by atoms with Crippen molar-refractivity contribution >= 4 is 11.8 Å². The molecule has 0 saturated heterocycles. The predicted octanol–water partition coefficient (Wildman–Crippen LogP) is 2.66. The monoisotopic (exact) mass is 413 g/mol. The van der Waals surface area contributed by atoms with Crippen molar-refractivity contribution in [3.63, 3.8) is 0 Å². The van der Waals surface area contributed by atoms with Gasteiger partial charge in [0.05, 0.1) is 19.3 Å². The zero-order valence-electron chi connectivity index (χ0n) is 17.9. The molecule has 0 radical (unpaired) electrons. The molecule has 3 rings (SSSR count). The minimum atomic E-state index is -0.201. The minimum Gasteiger partial charge on any atom is -0.497 e. The summed E-state index contributed by atoms with van der Waals surface area (Å²) >= 11 is 0. The Morgan fingerprint density at radius 2 is 2.00 bits per heavy atom. The fourth-order valence-electron chi connectivity index (χ4n) is 3.77. The molecule has 2 amide bonds. The van der Waals surface area contributed by atoms with E-state index in [9.17, 15) is 9.59 Å². The Morgan fingerprint density at radius 3 is 2.70 bits per heavy atom. The van der Waals surface area contributed by atoms with Crippen molar-refractivity contribution in [1.29, 1.82) is 0 Å². The Hall–Kier alpha value is -2.90. The van der Waals surface area contributed by atoms with Gasteiger partial charge >= 0.3 is 0 Å². The normalized spacial score (nSPS) is 18.8. The summed E-state index contributed by atoms with van der Waals surface area (Å²) in [5.74, 6) is 0.687. The van der Waals surface area contributed by atoms with Crippen molar-refractivity contribution in [2.75, 3.05) is 7.11 Å². The maximum atomic E-state index is 12.3. The Labute approximate surface area is 177 Å². The van der Waals surface area contributed by atoms with Crippen LogP contribution in [-0.2, 0) is 11.2 Å². The first-order valence-corrected chi connectivity index (χ1v) is 10.6. The largest absolute Gasteiger partial charge is 0.497 e. The summed E-state index contributed by atoms with van der Waals surface area (Å²) in [5, 5.41) is 14.1. The van der Waals surface area contributed by atoms with Gasteiger partial charge in [0, 0.05) is 18.5 Å². The lowest BCUT2D eigenvalue weighted by molar-refractivity contribution is -0.122. The Balaban J connectivity index is 1.42. The number of carbonyl (C=O) groups excluding carboxylic acids is 2. The summed E-state index contributed by atoms with van der Waals surface area (Å²) in [7, 11) is 1.64. The van der Waals surface area contributed by atoms with Crippen molar-refractivity contribution in [2.45, 2.75) is 70.5 Å². The van der Waals surface area contributed by atoms with Crippen molar-refractivity contribution in [1.82, 2.24) is 25.6 Å². The lowest BCUT2D eigenvalue weighted by atomic mass is 9.91. The summed E-state index contributed by atoms with van der Waals surface area (Å²) in [6.45, 7) is 3.82. The summed E-state index contributed by atoms with van der Waals surface area (Å²) in [4.78, 5) is 24.4. The lowest BCUT2D eigenvalue weighted by Gasteiger charge is -2.29. The number of carbonyl (C=O) groups is 2. The molecule has 8 heteroatoms. The van der Waals surface area contributed by atoms with E-state index in [-0.39, 0.29) is 29.9 Å². The molecule has 1 fully saturated rings. The Morgan fingerprint density at radius 1 is 1.23 bits per heavy atom. The second-order valence-electron chi connectivity index (χ2n) is 8.14. The Bertz CT molecular complexity index is 856. The van der Waals surface area contributed by atoms with E-state index < -0.39 is 0 Å². The topological polar surface area (TPSA) is 98.1 Å². The number of aromatic nitrogens is 3. The second-order valence-corrected chi connectivity index (χ2v) is 8.14. The average Bonchev–Trinajstić information content (AvgIpc) is 3.23. The highest BCUT2D eigenvalue weighted by molar-refractivity contribution is 5.92. The van der Waals surface area contributed by atoms with Gasteiger partial charge in [0.1, 0.15) is 5.75 Å². The van der Waals surface area contributed by atoms with Gasteiger partial charge in [-0.05, 0) is 63.6 Å². The van der Waals surface area contributed by atoms with Gasteiger partial charge in [-0.2, -0.15) is 0 Å². The number of hydrogen-bond acceptors (Lipinski definition) is 5. The smallest absolute Gasteiger partial charge is 0.273 e. The van der Waals surface area contributed by atoms with Crippen molar-refractivity contribution < 1.29 is 14.3 Å². The van der Waals surface area contributed by atoms with Crippen LogP contribution in [0.5, 0.6) is 5.75 Å². The summed E-state index contributed by atoms with van der Waals surface area (Å²) in [5.41, 5.74) is 1.44. The van der Waals surface area contributed by atoms with Gasteiger partial charge in [0.25, 0.3) is 5.91 Å². The molecule has 1 saturated carbocycles. The van der Waals surface area contributed by atoms with Crippen molar-refractivity contribution in [2.24, 2.45) is 0 Å². The molecule has 0 unspecified atom stereocenters. The number of aryl methyl sites for hydroxylation is 1. The maximum Gasteiger partial charge on any atom is 0.273 e. The van der Waals surface area contributed by atoms with E-state index in [1.165, 1.54) is 0 Å². The first kappa shape index (κ1) is 21.8. The zero-order chi connectivity index (χ0) is 21.5. The molecule has 8 nitrogen and oxygen atoms in total. The van der Waals surface area contributed by atoms with Gasteiger partial charge in [-0.3, -0.25) is 9.59 Å². The van der Waals surface area contributed by atoms with Crippen LogP contribution >= 0.6 is 0 Å². The van der Waals surface area contributed by atoms with Crippen LogP contribution in [0.3, 0.4) is 0 Å². The van der Waals surface area contributed by atoms with E-state index in [2.05, 4.69) is 20.9 Å². The number of amides is 2. The van der Waals surface area contributed by atoms with E-state index >= 15 is 0 Å². The van der Waals surface area contributed by atoms with Gasteiger partial charge in [-0.15, -0.1) is 5.10 Å². The van der Waals surface area contributed by atoms with Crippen LogP contribution in [-0.4, -0.2) is 46.0 Å². The number of rotatable bonds is 8. The average molecular weight is 414 g/mol. The maximum absolute atomic E-state index is 12.3. The zero-order valence-corrected chi connectivity index (χ0v) is 17.9. The van der Waals surface area contributed by atoms with Crippen LogP contribution in [0.15, 0.2) is 30.5 Å². The number of benzene rings is 1. The molecule has 30 heavy (non-hydrogen) atoms. The molecule has 2 aromatic rings. The molecule has 1 aromatic heterocycles. The highest BCUT2D eigenvalue weighted by Gasteiger charge is 2.25. The molecule has 0 aliphatic heterocycles. The third-order valence-corrected chi connectivity index (χ3v) is 5.37. The second kappa shape index (κ2) is 10.2. The molecule has 1 aromatic carbocycles. The van der Waals surface area contributed by atoms with Crippen LogP contribution in [0.1, 0.15) is 68.0 Å². The quantitative estimate of drug-likeness (QED) is 0.693. The predicted molar refractivity (Wildman–Crippen MR) is 113 cm³/mol. The summed E-state index contributed by atoms with van der Waals surface area (Å²) in [6.07, 6.45) is 6.45. The molecule has 2 N–H and O–H groups in total. The molecular weight excluding hydrogens is 382 g/mol. The first-order valence-electron chi connectivity index (χ1n) is 10.6. The van der Waals surface area contributed by atoms with E-state index in [0.29, 0.717) is 18.5 Å². The molecule has 0 atom stereocenters. The van der Waals surface area contributed by atoms with Gasteiger partial charge in [-0.1, -0.05) is 17.3 Å². The number of nitrogens with one attached hydrogen (secondary N) is 2. The van der Waals surface area contributed by atoms with Crippen LogP contribution in [0.25, 0.3) is 0 Å². The fourth-order valence-corrected chi connectivity index (χ4v) is 3.77. The standard InChI is InChI=1S/C22H31N5O3/c1-15(2)23-22(29)20-14-27(26-25-20)18-10-8-17(9-11-18)24-21(28)12-7-16-5-4-6-19(13-16)30-3/h4-6,13-15,17-18H,7-12H2,1-3H3,(H,23,29)(H,24,28). The van der Waals surface area contributed by atoms with E-state index in [4.69, 9.17) is 4.74 Å². The van der Waals surface area contributed by atoms with Gasteiger partial charge in [-0.25, -0.2) is 4.68 Å². The van der Waals surface area contributed by atoms with Gasteiger partial charge in [0.2, 0.25) is 5.91 Å². The van der Waals surface area contributed by atoms with Crippen LogP contribution in [0.4, 0.5) is 0 Å². The van der Waals surface area contributed by atoms with Crippen LogP contribution in [0, 0.1) is 0 Å². The number of hydrogen-bond donors (Lipinski definition) is 2. The molecule has 1 aliphatic carbocycles.